The molecule has 2 rings (SSSR count). The predicted molar refractivity (Wildman–Crippen MR) is 111 cm³/mol. The Kier molecular flexibility index (Phi) is 7.85. The minimum atomic E-state index is -0.567. The van der Waals surface area contributed by atoms with E-state index in [-0.39, 0.29) is 21.4 Å². The van der Waals surface area contributed by atoms with E-state index in [4.69, 9.17) is 29.0 Å². The summed E-state index contributed by atoms with van der Waals surface area (Å²) in [5.41, 5.74) is 1.80. The molecule has 0 aliphatic rings. The Balaban J connectivity index is 1.93. The van der Waals surface area contributed by atoms with Crippen molar-refractivity contribution in [3.8, 4) is 0 Å². The van der Waals surface area contributed by atoms with Crippen LogP contribution in [0.2, 0.25) is 10.0 Å². The van der Waals surface area contributed by atoms with Gasteiger partial charge in [-0.3, -0.25) is 14.7 Å². The molecule has 0 aliphatic heterocycles. The van der Waals surface area contributed by atoms with Crippen molar-refractivity contribution < 1.29 is 9.52 Å². The van der Waals surface area contributed by atoms with E-state index in [1.54, 1.807) is 0 Å². The molecular formula is C18H23Cl2N6O2+. The van der Waals surface area contributed by atoms with E-state index in [0.29, 0.717) is 10.3 Å². The second kappa shape index (κ2) is 9.90. The molecule has 0 saturated heterocycles. The van der Waals surface area contributed by atoms with Crippen LogP contribution in [0, 0.1) is 10.1 Å². The molecule has 28 heavy (non-hydrogen) atoms. The van der Waals surface area contributed by atoms with Gasteiger partial charge in [-0.25, -0.2) is 0 Å². The first kappa shape index (κ1) is 22.2. The number of quaternary nitrogens is 1. The molecule has 3 N–H and O–H groups in total. The third-order valence-corrected chi connectivity index (χ3v) is 4.45. The number of azo groups is 1. The number of halogens is 2. The maximum absolute atomic E-state index is 10.8. The fraction of sp³-hybridized carbons (Fsp3) is 0.333. The van der Waals surface area contributed by atoms with Gasteiger partial charge in [0.05, 0.1) is 34.8 Å². The number of rotatable bonds is 9. The lowest BCUT2D eigenvalue weighted by Gasteiger charge is -2.22. The molecule has 8 nitrogen and oxygen atoms in total. The summed E-state index contributed by atoms with van der Waals surface area (Å²) in [5, 5.41) is 22.4. The quantitative estimate of drug-likeness (QED) is 0.155. The number of hydrogen-bond acceptors (Lipinski definition) is 6. The van der Waals surface area contributed by atoms with Gasteiger partial charge in [0.15, 0.2) is 0 Å². The standard InChI is InChI=1S/C18H23Cl2N6O2/c1-26(2,21)10-9-22-8-7-13-3-5-14(6-4-13)23-24-18-16(19)11-15(25(27)28)12-17(18)20/h3-6,11-12,22H,7-10,21H2,1-2H3/q+1. The average molecular weight is 426 g/mol. The zero-order chi connectivity index (χ0) is 20.7. The SMILES string of the molecule is C[N+](C)(N)CCNCCc1ccc(N=Nc2c(Cl)cc([N+](=O)[O-])cc2Cl)cc1. The molecule has 0 amide bonds. The smallest absolute Gasteiger partial charge is 0.272 e. The number of benzene rings is 2. The summed E-state index contributed by atoms with van der Waals surface area (Å²) in [6.45, 7) is 2.56. The van der Waals surface area contributed by atoms with Crippen molar-refractivity contribution >= 4 is 40.3 Å². The first-order chi connectivity index (χ1) is 13.2. The van der Waals surface area contributed by atoms with Gasteiger partial charge in [-0.15, -0.1) is 5.11 Å². The van der Waals surface area contributed by atoms with Crippen LogP contribution in [0.25, 0.3) is 0 Å². The van der Waals surface area contributed by atoms with Crippen molar-refractivity contribution in [2.45, 2.75) is 6.42 Å². The van der Waals surface area contributed by atoms with Gasteiger partial charge in [0.25, 0.3) is 5.69 Å². The summed E-state index contributed by atoms with van der Waals surface area (Å²) in [5.74, 6) is 5.89. The molecule has 0 spiro atoms. The summed E-state index contributed by atoms with van der Waals surface area (Å²) >= 11 is 12.0. The summed E-state index contributed by atoms with van der Waals surface area (Å²) < 4.78 is 0.440. The van der Waals surface area contributed by atoms with Crippen molar-refractivity contribution in [1.29, 1.82) is 0 Å². The van der Waals surface area contributed by atoms with Gasteiger partial charge in [0.2, 0.25) is 0 Å². The Labute approximate surface area is 173 Å². The van der Waals surface area contributed by atoms with Gasteiger partial charge in [-0.1, -0.05) is 35.3 Å². The highest BCUT2D eigenvalue weighted by molar-refractivity contribution is 6.39. The number of nitro groups is 1. The Morgan fingerprint density at radius 3 is 2.25 bits per heavy atom. The Morgan fingerprint density at radius 1 is 1.11 bits per heavy atom. The number of non-ortho nitro benzene ring substituents is 1. The Bertz CT molecular complexity index is 827. The number of likely N-dealkylation sites (N-methyl/N-ethyl adjacent to an activating group) is 1. The molecule has 10 heteroatoms. The van der Waals surface area contributed by atoms with Gasteiger partial charge < -0.3 is 5.32 Å². The molecule has 150 valence electrons. The third-order valence-electron chi connectivity index (χ3n) is 3.87. The van der Waals surface area contributed by atoms with E-state index >= 15 is 0 Å². The Hall–Kier alpha value is -2.10. The van der Waals surface area contributed by atoms with E-state index in [2.05, 4.69) is 15.5 Å². The molecular weight excluding hydrogens is 403 g/mol. The first-order valence-corrected chi connectivity index (χ1v) is 9.38. The van der Waals surface area contributed by atoms with Crippen LogP contribution < -0.4 is 11.2 Å². The van der Waals surface area contributed by atoms with Crippen LogP contribution in [0.4, 0.5) is 17.1 Å². The lowest BCUT2D eigenvalue weighted by atomic mass is 10.1. The van der Waals surface area contributed by atoms with E-state index < -0.39 is 4.92 Å². The molecule has 0 saturated carbocycles. The second-order valence-corrected chi connectivity index (χ2v) is 7.70. The maximum Gasteiger partial charge on any atom is 0.272 e. The first-order valence-electron chi connectivity index (χ1n) is 8.62. The van der Waals surface area contributed by atoms with Crippen LogP contribution in [-0.2, 0) is 6.42 Å². The molecule has 0 atom stereocenters. The molecule has 0 unspecified atom stereocenters. The van der Waals surface area contributed by atoms with Gasteiger partial charge >= 0.3 is 0 Å². The molecule has 2 aromatic rings. The van der Waals surface area contributed by atoms with Gasteiger partial charge in [0.1, 0.15) is 12.2 Å². The van der Waals surface area contributed by atoms with E-state index in [9.17, 15) is 10.1 Å². The van der Waals surface area contributed by atoms with Crippen molar-refractivity contribution in [3.05, 3.63) is 62.1 Å². The van der Waals surface area contributed by atoms with Crippen molar-refractivity contribution in [2.75, 3.05) is 33.7 Å². The van der Waals surface area contributed by atoms with Gasteiger partial charge in [-0.2, -0.15) is 11.0 Å². The van der Waals surface area contributed by atoms with E-state index in [1.807, 2.05) is 38.4 Å². The molecule has 2 aromatic carbocycles. The zero-order valence-electron chi connectivity index (χ0n) is 15.7. The van der Waals surface area contributed by atoms with Crippen LogP contribution in [0.5, 0.6) is 0 Å². The van der Waals surface area contributed by atoms with Crippen LogP contribution in [0.15, 0.2) is 46.6 Å². The highest BCUT2D eigenvalue weighted by Crippen LogP contribution is 2.37. The highest BCUT2D eigenvalue weighted by atomic mass is 35.5. The topological polar surface area (TPSA) is 106 Å². The van der Waals surface area contributed by atoms with Crippen LogP contribution in [-0.4, -0.2) is 43.2 Å². The summed E-state index contributed by atoms with van der Waals surface area (Å²) in [7, 11) is 3.90. The van der Waals surface area contributed by atoms with Crippen molar-refractivity contribution in [2.24, 2.45) is 16.1 Å². The summed E-state index contributed by atoms with van der Waals surface area (Å²) in [6, 6.07) is 10.0. The molecule has 0 aliphatic carbocycles. The molecule has 0 bridgehead atoms. The molecule has 0 aromatic heterocycles. The summed E-state index contributed by atoms with van der Waals surface area (Å²) in [6.07, 6.45) is 0.884. The summed E-state index contributed by atoms with van der Waals surface area (Å²) in [4.78, 5) is 10.2. The van der Waals surface area contributed by atoms with Gasteiger partial charge in [-0.05, 0) is 30.7 Å². The lowest BCUT2D eigenvalue weighted by molar-refractivity contribution is -0.901. The minimum Gasteiger partial charge on any atom is -0.311 e. The monoisotopic (exact) mass is 425 g/mol. The van der Waals surface area contributed by atoms with Crippen LogP contribution >= 0.6 is 23.2 Å². The highest BCUT2D eigenvalue weighted by Gasteiger charge is 2.14. The fourth-order valence-electron chi connectivity index (χ4n) is 2.32. The van der Waals surface area contributed by atoms with Crippen LogP contribution in [0.3, 0.4) is 0 Å². The minimum absolute atomic E-state index is 0.0740. The number of nitrogens with zero attached hydrogens (tertiary/aromatic N) is 4. The zero-order valence-corrected chi connectivity index (χ0v) is 17.2. The number of nitro benzene ring substituents is 1. The van der Waals surface area contributed by atoms with Crippen LogP contribution in [0.1, 0.15) is 5.56 Å². The normalized spacial score (nSPS) is 11.9. The number of nitrogens with two attached hydrogens (primary N) is 1. The number of hydrogen-bond donors (Lipinski definition) is 2. The number of nitrogens with one attached hydrogen (secondary N) is 1. The molecule has 0 fully saturated rings. The van der Waals surface area contributed by atoms with E-state index in [0.717, 1.165) is 26.1 Å². The maximum atomic E-state index is 10.8. The predicted octanol–water partition coefficient (Wildman–Crippen LogP) is 4.40. The van der Waals surface area contributed by atoms with E-state index in [1.165, 1.54) is 17.7 Å². The molecule has 0 heterocycles. The van der Waals surface area contributed by atoms with Gasteiger partial charge in [0, 0.05) is 18.7 Å². The largest absolute Gasteiger partial charge is 0.311 e. The third kappa shape index (κ3) is 7.14. The molecule has 0 radical (unpaired) electrons. The van der Waals surface area contributed by atoms with Crippen molar-refractivity contribution in [3.63, 3.8) is 0 Å². The Morgan fingerprint density at radius 2 is 1.71 bits per heavy atom. The van der Waals surface area contributed by atoms with Crippen molar-refractivity contribution in [1.82, 2.24) is 5.32 Å². The lowest BCUT2D eigenvalue weighted by Crippen LogP contribution is -2.50. The second-order valence-electron chi connectivity index (χ2n) is 6.88. The fourth-order valence-corrected chi connectivity index (χ4v) is 2.87. The average Bonchev–Trinajstić information content (AvgIpc) is 2.60.